The molecule has 3 nitrogen and oxygen atoms in total. The molecule has 2 fully saturated rings. The maximum Gasteiger partial charge on any atom is 0.237 e. The molecular weight excluding hydrogens is 196 g/mol. The standard InChI is InChI=1S/C10H18N2OS/c1-14-10(4-5-10)7-12-9(13)8-3-2-6-11-8/h8,11H,2-7H2,1H3,(H,12,13)/t8-/m1/s1. The van der Waals surface area contributed by atoms with E-state index in [4.69, 9.17) is 0 Å². The van der Waals surface area contributed by atoms with Gasteiger partial charge >= 0.3 is 0 Å². The molecule has 1 saturated carbocycles. The summed E-state index contributed by atoms with van der Waals surface area (Å²) in [5, 5.41) is 6.27. The van der Waals surface area contributed by atoms with Gasteiger partial charge in [-0.3, -0.25) is 4.79 Å². The van der Waals surface area contributed by atoms with E-state index in [2.05, 4.69) is 16.9 Å². The van der Waals surface area contributed by atoms with Crippen LogP contribution in [0.1, 0.15) is 25.7 Å². The van der Waals surface area contributed by atoms with Gasteiger partial charge in [0, 0.05) is 11.3 Å². The van der Waals surface area contributed by atoms with Gasteiger partial charge in [-0.1, -0.05) is 0 Å². The van der Waals surface area contributed by atoms with E-state index >= 15 is 0 Å². The van der Waals surface area contributed by atoms with Crippen LogP contribution < -0.4 is 10.6 Å². The third-order valence-electron chi connectivity index (χ3n) is 3.20. The number of nitrogens with one attached hydrogen (secondary N) is 2. The quantitative estimate of drug-likeness (QED) is 0.725. The van der Waals surface area contributed by atoms with Crippen molar-refractivity contribution in [1.82, 2.24) is 10.6 Å². The number of carbonyl (C=O) groups is 1. The summed E-state index contributed by atoms with van der Waals surface area (Å²) in [6.45, 7) is 1.84. The molecule has 1 amide bonds. The maximum atomic E-state index is 11.7. The first-order chi connectivity index (χ1) is 6.76. The minimum Gasteiger partial charge on any atom is -0.353 e. The number of hydrogen-bond donors (Lipinski definition) is 2. The van der Waals surface area contributed by atoms with Gasteiger partial charge in [0.2, 0.25) is 5.91 Å². The summed E-state index contributed by atoms with van der Waals surface area (Å²) < 4.78 is 0.383. The van der Waals surface area contributed by atoms with Gasteiger partial charge in [-0.15, -0.1) is 0 Å². The summed E-state index contributed by atoms with van der Waals surface area (Å²) in [5.41, 5.74) is 0. The molecule has 0 aromatic heterocycles. The Morgan fingerprint density at radius 3 is 2.93 bits per heavy atom. The Hall–Kier alpha value is -0.220. The Morgan fingerprint density at radius 2 is 2.43 bits per heavy atom. The van der Waals surface area contributed by atoms with Crippen molar-refractivity contribution in [3.63, 3.8) is 0 Å². The molecule has 1 atom stereocenters. The molecule has 1 aliphatic carbocycles. The average Bonchev–Trinajstić information content (AvgIpc) is 2.78. The molecule has 80 valence electrons. The van der Waals surface area contributed by atoms with Gasteiger partial charge < -0.3 is 10.6 Å². The molecule has 2 aliphatic rings. The summed E-state index contributed by atoms with van der Waals surface area (Å²) in [6.07, 6.45) is 6.77. The largest absolute Gasteiger partial charge is 0.353 e. The molecule has 14 heavy (non-hydrogen) atoms. The van der Waals surface area contributed by atoms with Crippen molar-refractivity contribution in [3.8, 4) is 0 Å². The fraction of sp³-hybridized carbons (Fsp3) is 0.900. The minimum atomic E-state index is 0.0765. The average molecular weight is 214 g/mol. The molecule has 0 aromatic rings. The lowest BCUT2D eigenvalue weighted by molar-refractivity contribution is -0.122. The van der Waals surface area contributed by atoms with Crippen LogP contribution in [-0.2, 0) is 4.79 Å². The van der Waals surface area contributed by atoms with Crippen molar-refractivity contribution in [2.45, 2.75) is 36.5 Å². The van der Waals surface area contributed by atoms with Crippen LogP contribution in [0.15, 0.2) is 0 Å². The van der Waals surface area contributed by atoms with Gasteiger partial charge in [0.05, 0.1) is 6.04 Å². The van der Waals surface area contributed by atoms with Gasteiger partial charge in [-0.2, -0.15) is 11.8 Å². The highest BCUT2D eigenvalue weighted by molar-refractivity contribution is 8.00. The smallest absolute Gasteiger partial charge is 0.237 e. The Morgan fingerprint density at radius 1 is 1.64 bits per heavy atom. The van der Waals surface area contributed by atoms with Crippen molar-refractivity contribution in [2.24, 2.45) is 0 Å². The third-order valence-corrected chi connectivity index (χ3v) is 4.62. The van der Waals surface area contributed by atoms with E-state index < -0.39 is 0 Å². The molecule has 0 bridgehead atoms. The molecule has 1 aliphatic heterocycles. The number of carbonyl (C=O) groups excluding carboxylic acids is 1. The lowest BCUT2D eigenvalue weighted by atomic mass is 10.2. The van der Waals surface area contributed by atoms with Crippen LogP contribution in [0.2, 0.25) is 0 Å². The molecular formula is C10H18N2OS. The number of amides is 1. The van der Waals surface area contributed by atoms with Crippen molar-refractivity contribution in [1.29, 1.82) is 0 Å². The summed E-state index contributed by atoms with van der Waals surface area (Å²) >= 11 is 1.89. The molecule has 4 heteroatoms. The zero-order valence-electron chi connectivity index (χ0n) is 8.64. The second-order valence-corrected chi connectivity index (χ2v) is 5.53. The number of rotatable bonds is 4. The van der Waals surface area contributed by atoms with Crippen molar-refractivity contribution >= 4 is 17.7 Å². The van der Waals surface area contributed by atoms with Crippen LogP contribution in [0.3, 0.4) is 0 Å². The number of thioether (sulfide) groups is 1. The summed E-state index contributed by atoms with van der Waals surface area (Å²) in [6, 6.07) is 0.0765. The van der Waals surface area contributed by atoms with Gasteiger partial charge in [0.1, 0.15) is 0 Å². The lowest BCUT2D eigenvalue weighted by Crippen LogP contribution is -2.43. The van der Waals surface area contributed by atoms with Crippen LogP contribution in [0.25, 0.3) is 0 Å². The first kappa shape index (κ1) is 10.3. The molecule has 0 aromatic carbocycles. The maximum absolute atomic E-state index is 11.7. The highest BCUT2D eigenvalue weighted by atomic mass is 32.2. The summed E-state index contributed by atoms with van der Waals surface area (Å²) in [4.78, 5) is 11.7. The molecule has 1 saturated heterocycles. The molecule has 0 spiro atoms. The van der Waals surface area contributed by atoms with Crippen LogP contribution in [0.5, 0.6) is 0 Å². The van der Waals surface area contributed by atoms with Crippen LogP contribution in [0.4, 0.5) is 0 Å². The van der Waals surface area contributed by atoms with Crippen molar-refractivity contribution in [3.05, 3.63) is 0 Å². The zero-order valence-corrected chi connectivity index (χ0v) is 9.45. The number of hydrogen-bond acceptors (Lipinski definition) is 3. The Labute approximate surface area is 89.4 Å². The van der Waals surface area contributed by atoms with Gasteiger partial charge in [-0.05, 0) is 38.5 Å². The van der Waals surface area contributed by atoms with Crippen molar-refractivity contribution < 1.29 is 4.79 Å². The fourth-order valence-corrected chi connectivity index (χ4v) is 2.60. The Balaban J connectivity index is 1.72. The van der Waals surface area contributed by atoms with E-state index in [9.17, 15) is 4.79 Å². The highest BCUT2D eigenvalue weighted by Gasteiger charge is 2.42. The van der Waals surface area contributed by atoms with E-state index in [-0.39, 0.29) is 11.9 Å². The topological polar surface area (TPSA) is 41.1 Å². The highest BCUT2D eigenvalue weighted by Crippen LogP contribution is 2.46. The first-order valence-corrected chi connectivity index (χ1v) is 6.54. The van der Waals surface area contributed by atoms with Gasteiger partial charge in [0.25, 0.3) is 0 Å². The monoisotopic (exact) mass is 214 g/mol. The zero-order chi connectivity index (χ0) is 10.0. The second-order valence-electron chi connectivity index (χ2n) is 4.25. The Bertz CT molecular complexity index is 222. The van der Waals surface area contributed by atoms with E-state index in [0.29, 0.717) is 4.75 Å². The summed E-state index contributed by atoms with van der Waals surface area (Å²) in [7, 11) is 0. The van der Waals surface area contributed by atoms with E-state index in [1.54, 1.807) is 0 Å². The molecule has 1 heterocycles. The van der Waals surface area contributed by atoms with Crippen LogP contribution >= 0.6 is 11.8 Å². The van der Waals surface area contributed by atoms with E-state index in [1.807, 2.05) is 11.8 Å². The van der Waals surface area contributed by atoms with Gasteiger partial charge in [0.15, 0.2) is 0 Å². The predicted octanol–water partition coefficient (Wildman–Crippen LogP) is 0.750. The van der Waals surface area contributed by atoms with Crippen LogP contribution in [0, 0.1) is 0 Å². The summed E-state index contributed by atoms with van der Waals surface area (Å²) in [5.74, 6) is 0.197. The predicted molar refractivity (Wildman–Crippen MR) is 59.5 cm³/mol. The van der Waals surface area contributed by atoms with Crippen molar-refractivity contribution in [2.75, 3.05) is 19.3 Å². The normalized spacial score (nSPS) is 28.8. The SMILES string of the molecule is CSC1(CNC(=O)[C@H]2CCCN2)CC1. The van der Waals surface area contributed by atoms with Gasteiger partial charge in [-0.25, -0.2) is 0 Å². The Kier molecular flexibility index (Phi) is 3.02. The fourth-order valence-electron chi connectivity index (χ4n) is 1.87. The first-order valence-electron chi connectivity index (χ1n) is 5.32. The van der Waals surface area contributed by atoms with Crippen LogP contribution in [-0.4, -0.2) is 36.0 Å². The minimum absolute atomic E-state index is 0.0765. The third kappa shape index (κ3) is 2.23. The van der Waals surface area contributed by atoms with E-state index in [0.717, 1.165) is 25.9 Å². The lowest BCUT2D eigenvalue weighted by Gasteiger charge is -2.15. The molecule has 0 unspecified atom stereocenters. The second kappa shape index (κ2) is 4.11. The molecule has 0 radical (unpaired) electrons. The van der Waals surface area contributed by atoms with E-state index in [1.165, 1.54) is 12.8 Å². The molecule has 2 rings (SSSR count). The molecule has 2 N–H and O–H groups in total.